The molecule has 0 saturated heterocycles. The highest BCUT2D eigenvalue weighted by Gasteiger charge is 2.32. The van der Waals surface area contributed by atoms with Gasteiger partial charge in [0.15, 0.2) is 0 Å². The summed E-state index contributed by atoms with van der Waals surface area (Å²) in [6.07, 6.45) is 1.95. The van der Waals surface area contributed by atoms with Gasteiger partial charge >= 0.3 is 0 Å². The molecule has 0 aromatic rings. The molecule has 1 rings (SSSR count). The Bertz CT molecular complexity index is 425. The largest absolute Gasteiger partial charge is 0.246 e. The van der Waals surface area contributed by atoms with Crippen molar-refractivity contribution >= 4 is 9.73 Å². The van der Waals surface area contributed by atoms with E-state index in [0.29, 0.717) is 0 Å². The smallest absolute Gasteiger partial charge is 0.0912 e. The third-order valence-electron chi connectivity index (χ3n) is 2.51. The van der Waals surface area contributed by atoms with E-state index >= 15 is 0 Å². The lowest BCUT2D eigenvalue weighted by Crippen LogP contribution is -2.13. The molecule has 0 saturated carbocycles. The van der Waals surface area contributed by atoms with Crippen LogP contribution in [0, 0.1) is 15.6 Å². The summed E-state index contributed by atoms with van der Waals surface area (Å²) in [6.45, 7) is 12.3. The second kappa shape index (κ2) is 3.21. The molecule has 1 atom stereocenters. The maximum atomic E-state index is 12.1. The second-order valence-corrected chi connectivity index (χ2v) is 8.06. The van der Waals surface area contributed by atoms with Gasteiger partial charge in [-0.05, 0) is 22.5 Å². The van der Waals surface area contributed by atoms with Gasteiger partial charge in [0.05, 0.1) is 9.73 Å². The number of rotatable bonds is 0. The molecular formula is C12H21NOS. The molecule has 0 aromatic heterocycles. The van der Waals surface area contributed by atoms with E-state index in [4.69, 9.17) is 4.78 Å². The first-order valence-electron chi connectivity index (χ1n) is 5.18. The average molecular weight is 227 g/mol. The molecule has 0 fully saturated rings. The molecule has 0 radical (unpaired) electrons. The number of allylic oxidation sites excluding steroid dienone is 3. The van der Waals surface area contributed by atoms with Gasteiger partial charge in [-0.1, -0.05) is 41.5 Å². The van der Waals surface area contributed by atoms with Crippen LogP contribution in [-0.4, -0.2) is 4.21 Å². The summed E-state index contributed by atoms with van der Waals surface area (Å²) in [4.78, 5) is 0.750. The molecule has 1 aliphatic heterocycles. The van der Waals surface area contributed by atoms with Crippen LogP contribution >= 0.6 is 0 Å². The van der Waals surface area contributed by atoms with Crippen LogP contribution in [0.25, 0.3) is 0 Å². The lowest BCUT2D eigenvalue weighted by atomic mass is 9.85. The summed E-state index contributed by atoms with van der Waals surface area (Å²) in [5.41, 5.74) is 0.798. The topological polar surface area (TPSA) is 40.9 Å². The normalized spacial score (nSPS) is 27.6. The predicted molar refractivity (Wildman–Crippen MR) is 65.9 cm³/mol. The quantitative estimate of drug-likeness (QED) is 0.669. The minimum atomic E-state index is -2.68. The van der Waals surface area contributed by atoms with E-state index in [2.05, 4.69) is 20.8 Å². The fourth-order valence-electron chi connectivity index (χ4n) is 1.57. The summed E-state index contributed by atoms with van der Waals surface area (Å²) in [5.74, 6) is 0. The molecule has 0 spiro atoms. The van der Waals surface area contributed by atoms with E-state index in [1.165, 1.54) is 0 Å². The number of hydrogen-bond donors (Lipinski definition) is 1. The van der Waals surface area contributed by atoms with Gasteiger partial charge < -0.3 is 0 Å². The van der Waals surface area contributed by atoms with Crippen LogP contribution in [-0.2, 0) is 9.73 Å². The predicted octanol–water partition coefficient (Wildman–Crippen LogP) is 3.91. The third kappa shape index (κ3) is 2.51. The first kappa shape index (κ1) is 12.5. The van der Waals surface area contributed by atoms with Crippen molar-refractivity contribution in [2.75, 3.05) is 0 Å². The minimum Gasteiger partial charge on any atom is -0.246 e. The summed E-state index contributed by atoms with van der Waals surface area (Å²) in [5, 5.41) is 1.63. The van der Waals surface area contributed by atoms with E-state index in [-0.39, 0.29) is 10.8 Å². The van der Waals surface area contributed by atoms with Crippen LogP contribution in [0.1, 0.15) is 41.5 Å². The van der Waals surface area contributed by atoms with E-state index in [9.17, 15) is 4.21 Å². The second-order valence-electron chi connectivity index (χ2n) is 6.18. The molecule has 86 valence electrons. The highest BCUT2D eigenvalue weighted by Crippen LogP contribution is 2.41. The Morgan fingerprint density at radius 3 is 1.73 bits per heavy atom. The lowest BCUT2D eigenvalue weighted by Gasteiger charge is -2.21. The van der Waals surface area contributed by atoms with Gasteiger partial charge in [0.2, 0.25) is 0 Å². The van der Waals surface area contributed by atoms with Gasteiger partial charge in [-0.25, -0.2) is 8.99 Å². The highest BCUT2D eigenvalue weighted by molar-refractivity contribution is 7.99. The van der Waals surface area contributed by atoms with Crippen molar-refractivity contribution in [3.8, 4) is 0 Å². The van der Waals surface area contributed by atoms with Crippen molar-refractivity contribution in [3.63, 3.8) is 0 Å². The fraction of sp³-hybridized carbons (Fsp3) is 0.667. The molecule has 0 bridgehead atoms. The number of hydrogen-bond acceptors (Lipinski definition) is 2. The van der Waals surface area contributed by atoms with Gasteiger partial charge in [0.25, 0.3) is 0 Å². The van der Waals surface area contributed by atoms with E-state index in [0.717, 1.165) is 10.5 Å². The molecule has 3 heteroatoms. The monoisotopic (exact) mass is 227 g/mol. The van der Waals surface area contributed by atoms with E-state index < -0.39 is 9.73 Å². The van der Waals surface area contributed by atoms with Crippen molar-refractivity contribution in [1.29, 1.82) is 4.78 Å². The Morgan fingerprint density at radius 1 is 1.07 bits per heavy atom. The van der Waals surface area contributed by atoms with Gasteiger partial charge in [0, 0.05) is 10.3 Å². The van der Waals surface area contributed by atoms with Gasteiger partial charge in [0.1, 0.15) is 0 Å². The summed E-state index contributed by atoms with van der Waals surface area (Å²) >= 11 is 0. The number of nitrogens with one attached hydrogen (secondary N) is 1. The molecule has 15 heavy (non-hydrogen) atoms. The third-order valence-corrected chi connectivity index (χ3v) is 4.48. The molecule has 1 heterocycles. The highest BCUT2D eigenvalue weighted by atomic mass is 32.2. The zero-order chi connectivity index (χ0) is 12.1. The van der Waals surface area contributed by atoms with Crippen LogP contribution in [0.15, 0.2) is 22.0 Å². The summed E-state index contributed by atoms with van der Waals surface area (Å²) in [7, 11) is -2.68. The maximum Gasteiger partial charge on any atom is 0.0912 e. The molecule has 0 amide bonds. The molecule has 0 aliphatic carbocycles. The maximum absolute atomic E-state index is 12.1. The summed E-state index contributed by atoms with van der Waals surface area (Å²) in [6, 6.07) is 0. The van der Waals surface area contributed by atoms with Crippen molar-refractivity contribution in [2.45, 2.75) is 41.5 Å². The van der Waals surface area contributed by atoms with Gasteiger partial charge in [-0.15, -0.1) is 0 Å². The van der Waals surface area contributed by atoms with E-state index in [1.54, 1.807) is 5.41 Å². The molecule has 2 nitrogen and oxygen atoms in total. The molecular weight excluding hydrogens is 206 g/mol. The molecule has 1 N–H and O–H groups in total. The van der Waals surface area contributed by atoms with Crippen LogP contribution < -0.4 is 0 Å². The summed E-state index contributed by atoms with van der Waals surface area (Å²) < 4.78 is 20.0. The van der Waals surface area contributed by atoms with Crippen molar-refractivity contribution in [3.05, 3.63) is 22.0 Å². The van der Waals surface area contributed by atoms with Crippen LogP contribution in [0.3, 0.4) is 0 Å². The van der Waals surface area contributed by atoms with Crippen molar-refractivity contribution in [1.82, 2.24) is 0 Å². The minimum absolute atomic E-state index is 0.0310. The first-order chi connectivity index (χ1) is 6.44. The molecule has 0 aromatic carbocycles. The Kier molecular flexibility index (Phi) is 2.67. The lowest BCUT2D eigenvalue weighted by molar-refractivity contribution is 0.508. The van der Waals surface area contributed by atoms with Gasteiger partial charge in [-0.3, -0.25) is 0 Å². The SMILES string of the molecule is CC(C)(C)C1=CS(=N)(=O)C(C(C)(C)C)=C1. The van der Waals surface area contributed by atoms with Crippen LogP contribution in [0.5, 0.6) is 0 Å². The van der Waals surface area contributed by atoms with E-state index in [1.807, 2.05) is 26.8 Å². The van der Waals surface area contributed by atoms with Gasteiger partial charge in [-0.2, -0.15) is 0 Å². The Morgan fingerprint density at radius 2 is 1.53 bits per heavy atom. The standard InChI is InChI=1S/C12H21NOS/c1-11(2,3)9-7-10(12(4,5)6)15(13,14)8-9/h7-8,13H,1-6H3. The van der Waals surface area contributed by atoms with Crippen LogP contribution in [0.4, 0.5) is 0 Å². The van der Waals surface area contributed by atoms with Crippen LogP contribution in [0.2, 0.25) is 0 Å². The Balaban J connectivity index is 3.30. The molecule has 1 aliphatic rings. The average Bonchev–Trinajstić information content (AvgIpc) is 2.22. The molecule has 1 unspecified atom stereocenters. The zero-order valence-corrected chi connectivity index (χ0v) is 11.3. The first-order valence-corrected chi connectivity index (χ1v) is 6.80. The fourth-order valence-corrected chi connectivity index (χ4v) is 3.69. The Labute approximate surface area is 93.4 Å². The zero-order valence-electron chi connectivity index (χ0n) is 10.5. The van der Waals surface area contributed by atoms with Crippen molar-refractivity contribution in [2.24, 2.45) is 10.8 Å². The van der Waals surface area contributed by atoms with Crippen molar-refractivity contribution < 1.29 is 4.21 Å². The Hall–Kier alpha value is -0.570.